The molecule has 95 heavy (non-hydrogen) atoms. The van der Waals surface area contributed by atoms with Gasteiger partial charge in [-0.15, -0.1) is 0 Å². The highest BCUT2D eigenvalue weighted by atomic mass is 16.5. The molecular weight excluding hydrogens is 1180 g/mol. The number of aliphatic carboxylic acids is 1. The van der Waals surface area contributed by atoms with Crippen LogP contribution in [0.3, 0.4) is 0 Å². The molecule has 0 unspecified atom stereocenters. The summed E-state index contributed by atoms with van der Waals surface area (Å²) in [6, 6.07) is 56.9. The lowest BCUT2D eigenvalue weighted by molar-refractivity contribution is -0.137. The first kappa shape index (κ1) is 71.0. The van der Waals surface area contributed by atoms with E-state index < -0.39 is 5.97 Å². The van der Waals surface area contributed by atoms with Crippen LogP contribution in [0.15, 0.2) is 158 Å². The Labute approximate surface area is 561 Å². The molecule has 8 aromatic rings. The van der Waals surface area contributed by atoms with Gasteiger partial charge in [0, 0.05) is 62.0 Å². The lowest BCUT2D eigenvalue weighted by Crippen LogP contribution is -2.23. The molecule has 13 heteroatoms. The molecule has 2 aliphatic rings. The molecule has 0 radical (unpaired) electrons. The molecule has 0 atom stereocenters. The number of rotatable bonds is 31. The fourth-order valence-electron chi connectivity index (χ4n) is 12.4. The summed E-state index contributed by atoms with van der Waals surface area (Å²) in [6.07, 6.45) is 15.0. The standard InChI is InChI=1S/C41H44N2O4.C32H30N2O2.C9H16O3/c1-29(44)13-6-3-4-9-22-41(45)43-26-38-36-20-12-21-37(36)39(24-40(38)46-27-32-15-10-14-31(23-32)25-42)47-28-34-18-11-19-35(30(34)2)33-16-7-5-8-17-33;1-22-26(12-6-13-27(22)25-10-3-2-4-11-25)21-36-31-17-32(30(19-34)28-14-7-15-29(28)31)35-20-24-9-5-8-23(16-24)18-33;1-8(10)6-4-2-3-5-7-9(11)12/h5,7-8,10-11,14-19,23-24H,3-4,6,9,12-13,20-22,26-28H2,1-2H3,(H,43,45);2-6,8-13,16-17H,7,14-15,19-21,34H2,1H3;2-7H2,1H3,(H,11,12). The van der Waals surface area contributed by atoms with Crippen LogP contribution in [-0.2, 0) is 84.4 Å². The molecule has 0 saturated heterocycles. The predicted octanol–water partition coefficient (Wildman–Crippen LogP) is 17.4. The number of carboxylic acids is 1. The van der Waals surface area contributed by atoms with E-state index in [9.17, 15) is 29.7 Å². The highest BCUT2D eigenvalue weighted by molar-refractivity contribution is 5.77. The van der Waals surface area contributed by atoms with Gasteiger partial charge in [-0.05, 0) is 194 Å². The number of ether oxygens (including phenoxy) is 4. The van der Waals surface area contributed by atoms with Crippen LogP contribution in [-0.4, -0.2) is 28.5 Å². The zero-order valence-corrected chi connectivity index (χ0v) is 55.7. The van der Waals surface area contributed by atoms with Gasteiger partial charge in [-0.2, -0.15) is 10.5 Å². The fourth-order valence-corrected chi connectivity index (χ4v) is 12.4. The Balaban J connectivity index is 0.000000212. The molecule has 4 N–H and O–H groups in total. The van der Waals surface area contributed by atoms with Crippen LogP contribution in [0.5, 0.6) is 23.0 Å². The van der Waals surface area contributed by atoms with E-state index in [4.69, 9.17) is 29.8 Å². The van der Waals surface area contributed by atoms with E-state index in [1.54, 1.807) is 26.0 Å². The minimum atomic E-state index is -0.735. The number of hydrogen-bond donors (Lipinski definition) is 3. The van der Waals surface area contributed by atoms with Crippen LogP contribution in [0.4, 0.5) is 0 Å². The van der Waals surface area contributed by atoms with Crippen molar-refractivity contribution in [3.8, 4) is 57.4 Å². The SMILES string of the molecule is CC(=O)CCCCCCC(=O)NCc1c(OCc2cccc(C#N)c2)cc(OCc2cccc(-c3ccccc3)c2C)c2c1CCC2.CC(=O)CCCCCCC(=O)O.Cc1c(COc2cc(OCc3cccc(C#N)c3)c(CN)c3c2CCC3)cccc1-c1ccccc1. The van der Waals surface area contributed by atoms with Crippen molar-refractivity contribution in [2.24, 2.45) is 5.73 Å². The summed E-state index contributed by atoms with van der Waals surface area (Å²) < 4.78 is 25.8. The maximum Gasteiger partial charge on any atom is 0.303 e. The first-order chi connectivity index (χ1) is 46.2. The summed E-state index contributed by atoms with van der Waals surface area (Å²) in [6.45, 7) is 9.92. The van der Waals surface area contributed by atoms with Crippen molar-refractivity contribution in [1.82, 2.24) is 5.32 Å². The molecule has 0 bridgehead atoms. The Bertz CT molecular complexity index is 3960. The van der Waals surface area contributed by atoms with Gasteiger partial charge in [0.25, 0.3) is 0 Å². The number of carboxylic acid groups (broad SMARTS) is 1. The maximum absolute atomic E-state index is 12.8. The predicted molar refractivity (Wildman–Crippen MR) is 374 cm³/mol. The van der Waals surface area contributed by atoms with E-state index in [0.717, 1.165) is 135 Å². The first-order valence-corrected chi connectivity index (χ1v) is 33.5. The molecule has 10 rings (SSSR count). The number of unbranched alkanes of at least 4 members (excludes halogenated alkanes) is 6. The van der Waals surface area contributed by atoms with Gasteiger partial charge >= 0.3 is 5.97 Å². The van der Waals surface area contributed by atoms with Gasteiger partial charge in [0.15, 0.2) is 0 Å². The summed E-state index contributed by atoms with van der Waals surface area (Å²) in [5, 5.41) is 30.0. The quantitative estimate of drug-likeness (QED) is 0.0347. The number of Topliss-reactive ketones (excluding diaryl/α,β-unsaturated/α-hetero) is 2. The van der Waals surface area contributed by atoms with Crippen LogP contribution >= 0.6 is 0 Å². The van der Waals surface area contributed by atoms with E-state index >= 15 is 0 Å². The van der Waals surface area contributed by atoms with Crippen molar-refractivity contribution in [1.29, 1.82) is 10.5 Å². The number of amides is 1. The highest BCUT2D eigenvalue weighted by Crippen LogP contribution is 2.42. The van der Waals surface area contributed by atoms with Crippen molar-refractivity contribution in [2.45, 2.75) is 183 Å². The fraction of sp³-hybridized carbons (Fsp3) is 0.341. The van der Waals surface area contributed by atoms with Crippen molar-refractivity contribution in [3.05, 3.63) is 236 Å². The molecule has 1 amide bonds. The maximum atomic E-state index is 12.8. The molecular formula is C82H90N4O9. The van der Waals surface area contributed by atoms with Gasteiger partial charge in [0.05, 0.1) is 23.3 Å². The lowest BCUT2D eigenvalue weighted by atomic mass is 9.97. The Hall–Kier alpha value is -9.82. The molecule has 492 valence electrons. The number of hydrogen-bond acceptors (Lipinski definition) is 11. The third-order valence-electron chi connectivity index (χ3n) is 17.6. The summed E-state index contributed by atoms with van der Waals surface area (Å²) in [4.78, 5) is 44.6. The zero-order chi connectivity index (χ0) is 67.3. The third-order valence-corrected chi connectivity index (χ3v) is 17.6. The van der Waals surface area contributed by atoms with E-state index in [1.165, 1.54) is 61.2 Å². The number of nitriles is 2. The Morgan fingerprint density at radius 2 is 0.874 bits per heavy atom. The largest absolute Gasteiger partial charge is 0.488 e. The van der Waals surface area contributed by atoms with Gasteiger partial charge in [0.2, 0.25) is 5.91 Å². The van der Waals surface area contributed by atoms with Crippen LogP contribution < -0.4 is 30.0 Å². The average Bonchev–Trinajstić information content (AvgIpc) is 1.81. The average molecular weight is 1280 g/mol. The Morgan fingerprint density at radius 1 is 0.463 bits per heavy atom. The number of benzene rings is 8. The number of carbonyl (C=O) groups is 4. The van der Waals surface area contributed by atoms with Crippen molar-refractivity contribution in [3.63, 3.8) is 0 Å². The number of fused-ring (bicyclic) bond motifs is 2. The van der Waals surface area contributed by atoms with Gasteiger partial charge < -0.3 is 44.7 Å². The Kier molecular flexibility index (Phi) is 27.8. The summed E-state index contributed by atoms with van der Waals surface area (Å²) >= 11 is 0. The zero-order valence-electron chi connectivity index (χ0n) is 55.7. The smallest absolute Gasteiger partial charge is 0.303 e. The summed E-state index contributed by atoms with van der Waals surface area (Å²) in [7, 11) is 0. The molecule has 0 saturated carbocycles. The topological polar surface area (TPSA) is 211 Å². The molecule has 0 spiro atoms. The third kappa shape index (κ3) is 21.4. The molecule has 0 fully saturated rings. The number of carbonyl (C=O) groups excluding carboxylic acids is 3. The second-order valence-corrected chi connectivity index (χ2v) is 24.6. The van der Waals surface area contributed by atoms with Gasteiger partial charge in [-0.1, -0.05) is 147 Å². The van der Waals surface area contributed by atoms with E-state index in [0.29, 0.717) is 75.7 Å². The molecule has 2 aliphatic carbocycles. The highest BCUT2D eigenvalue weighted by Gasteiger charge is 2.26. The Morgan fingerprint density at radius 3 is 1.32 bits per heavy atom. The van der Waals surface area contributed by atoms with Crippen LogP contribution in [0.2, 0.25) is 0 Å². The molecule has 13 nitrogen and oxygen atoms in total. The van der Waals surface area contributed by atoms with Crippen LogP contribution in [0.25, 0.3) is 22.3 Å². The van der Waals surface area contributed by atoms with Crippen molar-refractivity contribution < 1.29 is 43.2 Å². The van der Waals surface area contributed by atoms with Gasteiger partial charge in [-0.25, -0.2) is 0 Å². The van der Waals surface area contributed by atoms with Crippen molar-refractivity contribution in [2.75, 3.05) is 0 Å². The van der Waals surface area contributed by atoms with E-state index in [1.807, 2.05) is 60.7 Å². The number of nitrogens with zero attached hydrogens (tertiary/aromatic N) is 2. The summed E-state index contributed by atoms with van der Waals surface area (Å²) in [5.41, 5.74) is 25.8. The molecule has 8 aromatic carbocycles. The lowest BCUT2D eigenvalue weighted by Gasteiger charge is -2.20. The van der Waals surface area contributed by atoms with E-state index in [2.05, 4.69) is 116 Å². The van der Waals surface area contributed by atoms with E-state index in [-0.39, 0.29) is 23.9 Å². The van der Waals surface area contributed by atoms with Gasteiger partial charge in [0.1, 0.15) is 61.0 Å². The second kappa shape index (κ2) is 37.2. The van der Waals surface area contributed by atoms with Gasteiger partial charge in [-0.3, -0.25) is 9.59 Å². The monoisotopic (exact) mass is 1270 g/mol. The molecule has 0 aromatic heterocycles. The summed E-state index contributed by atoms with van der Waals surface area (Å²) in [5.74, 6) is 2.88. The number of nitrogens with two attached hydrogens (primary N) is 1. The minimum absolute atomic E-state index is 0.0186. The number of ketones is 2. The number of nitrogens with one attached hydrogen (secondary N) is 1. The minimum Gasteiger partial charge on any atom is -0.488 e. The molecule has 0 aliphatic heterocycles. The van der Waals surface area contributed by atoms with Crippen molar-refractivity contribution >= 4 is 23.4 Å². The normalized spacial score (nSPS) is 11.7. The first-order valence-electron chi connectivity index (χ1n) is 33.5. The molecule has 0 heterocycles. The van der Waals surface area contributed by atoms with Crippen LogP contribution in [0, 0.1) is 36.5 Å². The second-order valence-electron chi connectivity index (χ2n) is 24.6. The van der Waals surface area contributed by atoms with Crippen LogP contribution in [0.1, 0.15) is 182 Å².